The Kier molecular flexibility index (Phi) is 6.33. The molecule has 0 bridgehead atoms. The highest BCUT2D eigenvalue weighted by Crippen LogP contribution is 2.28. The Morgan fingerprint density at radius 2 is 2.00 bits per heavy atom. The van der Waals surface area contributed by atoms with E-state index < -0.39 is 12.1 Å². The average Bonchev–Trinajstić information content (AvgIpc) is 2.02. The molecule has 0 saturated carbocycles. The third kappa shape index (κ3) is 6.04. The second kappa shape index (κ2) is 6.13. The summed E-state index contributed by atoms with van der Waals surface area (Å²) in [4.78, 5) is 11.5. The molecule has 1 atom stereocenters. The molecule has 6 heteroatoms. The Labute approximate surface area is 99.3 Å². The molecule has 0 saturated heterocycles. The van der Waals surface area contributed by atoms with Crippen LogP contribution in [0.3, 0.4) is 0 Å². The fraction of sp³-hybridized carbons (Fsp3) is 0.625. The lowest BCUT2D eigenvalue weighted by molar-refractivity contribution is -0.125. The lowest BCUT2D eigenvalue weighted by Gasteiger charge is -2.15. The third-order valence-electron chi connectivity index (χ3n) is 1.69. The van der Waals surface area contributed by atoms with Crippen LogP contribution in [0.15, 0.2) is 12.2 Å². The molecule has 0 N–H and O–H groups in total. The molecule has 0 amide bonds. The minimum atomic E-state index is -2.66. The van der Waals surface area contributed by atoms with E-state index in [0.717, 1.165) is 0 Å². The summed E-state index contributed by atoms with van der Waals surface area (Å²) in [5, 5.41) is 0. The van der Waals surface area contributed by atoms with Crippen molar-refractivity contribution < 1.29 is 9.53 Å². The maximum Gasteiger partial charge on any atom is 0.341 e. The van der Waals surface area contributed by atoms with Crippen LogP contribution < -0.4 is 0 Å². The Balaban J connectivity index is 4.17. The Bertz CT molecular complexity index is 225. The van der Waals surface area contributed by atoms with Crippen molar-refractivity contribution in [3.63, 3.8) is 0 Å². The number of hydrogen-bond donors (Lipinski definition) is 0. The molecule has 0 aliphatic carbocycles. The molecule has 0 aliphatic rings. The highest BCUT2D eigenvalue weighted by molar-refractivity contribution is 7.64. The van der Waals surface area contributed by atoms with Crippen LogP contribution in [0.4, 0.5) is 0 Å². The zero-order valence-corrected chi connectivity index (χ0v) is 11.4. The molecular weight excluding hydrogens is 263 g/mol. The predicted octanol–water partition coefficient (Wildman–Crippen LogP) is 3.19. The first-order valence-corrected chi connectivity index (χ1v) is 9.31. The monoisotopic (exact) mass is 274 g/mol. The van der Waals surface area contributed by atoms with Crippen LogP contribution in [0.2, 0.25) is 6.04 Å². The van der Waals surface area contributed by atoms with Gasteiger partial charge in [0.2, 0.25) is 0 Å². The molecule has 0 rings (SSSR count). The number of rotatable bonds is 6. The van der Waals surface area contributed by atoms with Crippen LogP contribution in [0.25, 0.3) is 0 Å². The summed E-state index contributed by atoms with van der Waals surface area (Å²) >= 11 is 17.1. The van der Waals surface area contributed by atoms with Gasteiger partial charge in [0.1, 0.15) is 6.10 Å². The summed E-state index contributed by atoms with van der Waals surface area (Å²) < 4.78 is 5.00. The highest BCUT2D eigenvalue weighted by atomic mass is 35.8. The van der Waals surface area contributed by atoms with Crippen LogP contribution in [-0.4, -0.2) is 25.0 Å². The summed E-state index contributed by atoms with van der Waals surface area (Å²) in [5.74, 6) is -0.129. The number of carbonyl (C=O) groups is 1. The lowest BCUT2D eigenvalue weighted by atomic mass is 10.1. The Hall–Kier alpha value is 0.457. The van der Waals surface area contributed by atoms with E-state index in [1.165, 1.54) is 7.11 Å². The van der Waals surface area contributed by atoms with Crippen molar-refractivity contribution in [2.45, 2.75) is 25.5 Å². The molecule has 0 radical (unpaired) electrons. The normalized spacial score (nSPS) is 13.8. The maximum atomic E-state index is 11.5. The topological polar surface area (TPSA) is 26.3 Å². The van der Waals surface area contributed by atoms with Gasteiger partial charge in [-0.25, -0.2) is 0 Å². The largest absolute Gasteiger partial charge is 0.373 e. The number of carbonyl (C=O) groups excluding carboxylic acids is 1. The minimum absolute atomic E-state index is 0.129. The van der Waals surface area contributed by atoms with Crippen LogP contribution in [0.5, 0.6) is 0 Å². The van der Waals surface area contributed by atoms with Gasteiger partial charge in [-0.1, -0.05) is 6.58 Å². The van der Waals surface area contributed by atoms with Gasteiger partial charge in [0.15, 0.2) is 5.78 Å². The average molecular weight is 276 g/mol. The van der Waals surface area contributed by atoms with Gasteiger partial charge >= 0.3 is 6.00 Å². The molecule has 2 nitrogen and oxygen atoms in total. The minimum Gasteiger partial charge on any atom is -0.373 e. The van der Waals surface area contributed by atoms with E-state index in [-0.39, 0.29) is 5.78 Å². The summed E-state index contributed by atoms with van der Waals surface area (Å²) in [6.45, 7) is 5.19. The quantitative estimate of drug-likeness (QED) is 0.423. The smallest absolute Gasteiger partial charge is 0.341 e. The van der Waals surface area contributed by atoms with Gasteiger partial charge in [-0.15, -0.1) is 33.2 Å². The van der Waals surface area contributed by atoms with Gasteiger partial charge in [-0.3, -0.25) is 4.79 Å². The van der Waals surface area contributed by atoms with Crippen molar-refractivity contribution in [1.29, 1.82) is 0 Å². The van der Waals surface area contributed by atoms with E-state index in [0.29, 0.717) is 18.0 Å². The molecule has 0 aromatic rings. The molecule has 1 unspecified atom stereocenters. The van der Waals surface area contributed by atoms with E-state index >= 15 is 0 Å². The fourth-order valence-corrected chi connectivity index (χ4v) is 2.50. The van der Waals surface area contributed by atoms with Gasteiger partial charge in [0, 0.05) is 7.11 Å². The summed E-state index contributed by atoms with van der Waals surface area (Å²) in [5.41, 5.74) is 0.461. The number of hydrogen-bond acceptors (Lipinski definition) is 2. The maximum absolute atomic E-state index is 11.5. The van der Waals surface area contributed by atoms with Crippen LogP contribution in [-0.2, 0) is 9.53 Å². The lowest BCUT2D eigenvalue weighted by Crippen LogP contribution is -2.25. The first-order valence-electron chi connectivity index (χ1n) is 4.07. The summed E-state index contributed by atoms with van der Waals surface area (Å²) in [6.07, 6.45) is -0.0964. The molecule has 0 aromatic carbocycles. The van der Waals surface area contributed by atoms with Crippen molar-refractivity contribution in [3.05, 3.63) is 12.2 Å². The number of methoxy groups -OCH3 is 1. The zero-order chi connectivity index (χ0) is 11.4. The molecular formula is C8H13Cl3O2Si. The first kappa shape index (κ1) is 14.5. The molecule has 0 fully saturated rings. The molecule has 0 heterocycles. The van der Waals surface area contributed by atoms with E-state index in [9.17, 15) is 4.79 Å². The highest BCUT2D eigenvalue weighted by Gasteiger charge is 2.28. The van der Waals surface area contributed by atoms with Crippen molar-refractivity contribution in [2.75, 3.05) is 7.11 Å². The van der Waals surface area contributed by atoms with Crippen LogP contribution in [0, 0.1) is 0 Å². The zero-order valence-electron chi connectivity index (χ0n) is 8.15. The second-order valence-electron chi connectivity index (χ2n) is 3.02. The number of Topliss-reactive ketones (excluding diaryl/α,β-unsaturated/α-hetero) is 1. The van der Waals surface area contributed by atoms with E-state index in [4.69, 9.17) is 38.0 Å². The summed E-state index contributed by atoms with van der Waals surface area (Å²) in [7, 11) is 1.46. The van der Waals surface area contributed by atoms with Gasteiger partial charge in [-0.2, -0.15) is 0 Å². The van der Waals surface area contributed by atoms with Crippen molar-refractivity contribution in [2.24, 2.45) is 0 Å². The van der Waals surface area contributed by atoms with E-state index in [2.05, 4.69) is 6.58 Å². The number of ketones is 1. The SMILES string of the molecule is C=C(C)C(=O)C(CC[Si](Cl)(Cl)Cl)OC. The molecule has 0 spiro atoms. The Morgan fingerprint density at radius 3 is 2.29 bits per heavy atom. The standard InChI is InChI=1S/C8H13Cl3O2Si/c1-6(2)8(12)7(13-3)4-5-14(9,10)11/h7H,1,4-5H2,2-3H3. The van der Waals surface area contributed by atoms with E-state index in [1.54, 1.807) is 6.92 Å². The molecule has 0 aliphatic heterocycles. The van der Waals surface area contributed by atoms with Crippen LogP contribution >= 0.6 is 33.2 Å². The van der Waals surface area contributed by atoms with Crippen LogP contribution in [0.1, 0.15) is 13.3 Å². The fourth-order valence-electron chi connectivity index (χ4n) is 0.926. The number of ether oxygens (including phenoxy) is 1. The van der Waals surface area contributed by atoms with Crippen molar-refractivity contribution >= 4 is 45.0 Å². The van der Waals surface area contributed by atoms with Crippen molar-refractivity contribution in [1.82, 2.24) is 0 Å². The molecule has 82 valence electrons. The summed E-state index contributed by atoms with van der Waals surface area (Å²) in [6, 6.07) is -2.25. The van der Waals surface area contributed by atoms with Gasteiger partial charge in [0.25, 0.3) is 0 Å². The predicted molar refractivity (Wildman–Crippen MR) is 63.4 cm³/mol. The molecule has 14 heavy (non-hydrogen) atoms. The van der Waals surface area contributed by atoms with E-state index in [1.807, 2.05) is 0 Å². The second-order valence-corrected chi connectivity index (χ2v) is 12.3. The third-order valence-corrected chi connectivity index (χ3v) is 4.24. The Morgan fingerprint density at radius 1 is 1.50 bits per heavy atom. The van der Waals surface area contributed by atoms with Gasteiger partial charge in [-0.05, 0) is 25.0 Å². The van der Waals surface area contributed by atoms with Gasteiger partial charge < -0.3 is 4.74 Å². The van der Waals surface area contributed by atoms with Crippen molar-refractivity contribution in [3.8, 4) is 0 Å². The number of halogens is 3. The molecule has 0 aromatic heterocycles. The van der Waals surface area contributed by atoms with Gasteiger partial charge in [0.05, 0.1) is 0 Å². The first-order chi connectivity index (χ1) is 6.28.